The van der Waals surface area contributed by atoms with Crippen LogP contribution in [0.5, 0.6) is 0 Å². The zero-order valence-electron chi connectivity index (χ0n) is 9.44. The third-order valence-electron chi connectivity index (χ3n) is 2.91. The summed E-state index contributed by atoms with van der Waals surface area (Å²) in [5.41, 5.74) is 6.81. The molecular formula is C11H19N3O. The van der Waals surface area contributed by atoms with Gasteiger partial charge in [0.1, 0.15) is 0 Å². The van der Waals surface area contributed by atoms with Gasteiger partial charge in [-0.25, -0.2) is 0 Å². The number of ether oxygens (including phenoxy) is 1. The van der Waals surface area contributed by atoms with Crippen molar-refractivity contribution in [3.05, 3.63) is 18.0 Å². The van der Waals surface area contributed by atoms with E-state index in [1.54, 1.807) is 0 Å². The summed E-state index contributed by atoms with van der Waals surface area (Å²) < 4.78 is 7.36. The highest BCUT2D eigenvalue weighted by Crippen LogP contribution is 2.23. The fraction of sp³-hybridized carbons (Fsp3) is 0.727. The van der Waals surface area contributed by atoms with Crippen LogP contribution in [0.1, 0.15) is 38.3 Å². The first-order valence-electron chi connectivity index (χ1n) is 5.48. The van der Waals surface area contributed by atoms with Crippen molar-refractivity contribution in [1.82, 2.24) is 9.78 Å². The van der Waals surface area contributed by atoms with Crippen LogP contribution in [-0.4, -0.2) is 23.0 Å². The summed E-state index contributed by atoms with van der Waals surface area (Å²) in [5, 5.41) is 4.39. The fourth-order valence-electron chi connectivity index (χ4n) is 1.82. The Balaban J connectivity index is 2.12. The molecule has 1 aromatic heterocycles. The molecule has 15 heavy (non-hydrogen) atoms. The molecule has 2 rings (SSSR count). The summed E-state index contributed by atoms with van der Waals surface area (Å²) in [6, 6.07) is 0.481. The van der Waals surface area contributed by atoms with Gasteiger partial charge in [-0.15, -0.1) is 0 Å². The predicted molar refractivity (Wildman–Crippen MR) is 58.5 cm³/mol. The lowest BCUT2D eigenvalue weighted by atomic mass is 10.00. The number of hydrogen-bond acceptors (Lipinski definition) is 3. The van der Waals surface area contributed by atoms with Gasteiger partial charge in [-0.2, -0.15) is 5.10 Å². The van der Waals surface area contributed by atoms with Crippen molar-refractivity contribution in [3.63, 3.8) is 0 Å². The van der Waals surface area contributed by atoms with E-state index in [-0.39, 0.29) is 5.54 Å². The normalized spacial score (nSPS) is 19.4. The Bertz CT molecular complexity index is 321. The molecule has 0 amide bonds. The Morgan fingerprint density at radius 3 is 2.67 bits per heavy atom. The van der Waals surface area contributed by atoms with Gasteiger partial charge in [0.2, 0.25) is 0 Å². The molecule has 1 aromatic rings. The first kappa shape index (κ1) is 10.6. The van der Waals surface area contributed by atoms with Gasteiger partial charge in [-0.05, 0) is 26.7 Å². The zero-order chi connectivity index (χ0) is 10.9. The van der Waals surface area contributed by atoms with Crippen LogP contribution in [0.2, 0.25) is 0 Å². The summed E-state index contributed by atoms with van der Waals surface area (Å²) in [7, 11) is 0. The molecule has 2 heterocycles. The zero-order valence-corrected chi connectivity index (χ0v) is 9.44. The number of nitrogens with zero attached hydrogens (tertiary/aromatic N) is 2. The molecule has 0 radical (unpaired) electrons. The molecule has 0 bridgehead atoms. The molecule has 2 N–H and O–H groups in total. The van der Waals surface area contributed by atoms with Crippen molar-refractivity contribution in [3.8, 4) is 0 Å². The second kappa shape index (κ2) is 3.94. The average Bonchev–Trinajstić information content (AvgIpc) is 2.67. The smallest absolute Gasteiger partial charge is 0.0563 e. The van der Waals surface area contributed by atoms with E-state index in [4.69, 9.17) is 10.5 Å². The second-order valence-electron chi connectivity index (χ2n) is 4.77. The van der Waals surface area contributed by atoms with Crippen molar-refractivity contribution < 1.29 is 4.74 Å². The van der Waals surface area contributed by atoms with Crippen LogP contribution < -0.4 is 5.73 Å². The lowest BCUT2D eigenvalue weighted by Gasteiger charge is -2.22. The molecule has 1 fully saturated rings. The van der Waals surface area contributed by atoms with Crippen molar-refractivity contribution >= 4 is 0 Å². The molecule has 1 aliphatic rings. The van der Waals surface area contributed by atoms with E-state index in [9.17, 15) is 0 Å². The van der Waals surface area contributed by atoms with Crippen LogP contribution in [-0.2, 0) is 10.3 Å². The minimum Gasteiger partial charge on any atom is -0.381 e. The maximum absolute atomic E-state index is 6.02. The fourth-order valence-corrected chi connectivity index (χ4v) is 1.82. The predicted octanol–water partition coefficient (Wildman–Crippen LogP) is 1.43. The number of hydrogen-bond donors (Lipinski definition) is 1. The van der Waals surface area contributed by atoms with Gasteiger partial charge in [0.25, 0.3) is 0 Å². The maximum Gasteiger partial charge on any atom is 0.0563 e. The van der Waals surface area contributed by atoms with E-state index in [0.717, 1.165) is 31.6 Å². The molecule has 0 aromatic carbocycles. The lowest BCUT2D eigenvalue weighted by molar-refractivity contribution is 0.0662. The summed E-state index contributed by atoms with van der Waals surface area (Å²) in [6.07, 6.45) is 6.03. The van der Waals surface area contributed by atoms with Crippen molar-refractivity contribution in [2.45, 2.75) is 38.3 Å². The van der Waals surface area contributed by atoms with Crippen LogP contribution in [0.25, 0.3) is 0 Å². The Morgan fingerprint density at radius 1 is 1.47 bits per heavy atom. The molecular weight excluding hydrogens is 190 g/mol. The summed E-state index contributed by atoms with van der Waals surface area (Å²) >= 11 is 0. The van der Waals surface area contributed by atoms with Gasteiger partial charge in [0, 0.05) is 30.5 Å². The van der Waals surface area contributed by atoms with Crippen molar-refractivity contribution in [2.24, 2.45) is 5.73 Å². The minimum absolute atomic E-state index is 0.302. The van der Waals surface area contributed by atoms with E-state index in [1.165, 1.54) is 0 Å². The number of nitrogens with two attached hydrogens (primary N) is 1. The number of aromatic nitrogens is 2. The summed E-state index contributed by atoms with van der Waals surface area (Å²) in [4.78, 5) is 0. The van der Waals surface area contributed by atoms with E-state index >= 15 is 0 Å². The molecule has 0 unspecified atom stereocenters. The van der Waals surface area contributed by atoms with Crippen LogP contribution in [0.15, 0.2) is 12.4 Å². The van der Waals surface area contributed by atoms with Crippen molar-refractivity contribution in [2.75, 3.05) is 13.2 Å². The van der Waals surface area contributed by atoms with Gasteiger partial charge in [0.05, 0.1) is 12.2 Å². The highest BCUT2D eigenvalue weighted by Gasteiger charge is 2.20. The average molecular weight is 209 g/mol. The molecule has 0 spiro atoms. The minimum atomic E-state index is -0.302. The van der Waals surface area contributed by atoms with Crippen molar-refractivity contribution in [1.29, 1.82) is 0 Å². The largest absolute Gasteiger partial charge is 0.381 e. The molecule has 0 atom stereocenters. The SMILES string of the molecule is CC(C)(N)c1cnn(C2CCOCC2)c1. The molecule has 0 saturated carbocycles. The molecule has 0 aliphatic carbocycles. The van der Waals surface area contributed by atoms with Crippen LogP contribution in [0, 0.1) is 0 Å². The molecule has 1 aliphatic heterocycles. The van der Waals surface area contributed by atoms with Gasteiger partial charge in [0.15, 0.2) is 0 Å². The Kier molecular flexibility index (Phi) is 2.80. The summed E-state index contributed by atoms with van der Waals surface area (Å²) in [6.45, 7) is 5.68. The first-order valence-corrected chi connectivity index (χ1v) is 5.48. The van der Waals surface area contributed by atoms with E-state index < -0.39 is 0 Å². The topological polar surface area (TPSA) is 53.1 Å². The molecule has 4 heteroatoms. The molecule has 1 saturated heterocycles. The van der Waals surface area contributed by atoms with Crippen LogP contribution >= 0.6 is 0 Å². The first-order chi connectivity index (χ1) is 7.07. The van der Waals surface area contributed by atoms with Crippen LogP contribution in [0.4, 0.5) is 0 Å². The van der Waals surface area contributed by atoms with Gasteiger partial charge in [-0.1, -0.05) is 0 Å². The van der Waals surface area contributed by atoms with E-state index in [0.29, 0.717) is 6.04 Å². The van der Waals surface area contributed by atoms with Gasteiger partial charge < -0.3 is 10.5 Å². The van der Waals surface area contributed by atoms with Crippen LogP contribution in [0.3, 0.4) is 0 Å². The standard InChI is InChI=1S/C11H19N3O/c1-11(2,12)9-7-13-14(8-9)10-3-5-15-6-4-10/h7-8,10H,3-6,12H2,1-2H3. The highest BCUT2D eigenvalue weighted by atomic mass is 16.5. The third kappa shape index (κ3) is 2.38. The lowest BCUT2D eigenvalue weighted by Crippen LogP contribution is -2.28. The third-order valence-corrected chi connectivity index (χ3v) is 2.91. The van der Waals surface area contributed by atoms with Gasteiger partial charge >= 0.3 is 0 Å². The quantitative estimate of drug-likeness (QED) is 0.801. The van der Waals surface area contributed by atoms with E-state index in [1.807, 2.05) is 24.7 Å². The Labute approximate surface area is 90.4 Å². The Morgan fingerprint density at radius 2 is 2.13 bits per heavy atom. The highest BCUT2D eigenvalue weighted by molar-refractivity contribution is 5.14. The van der Waals surface area contributed by atoms with Gasteiger partial charge in [-0.3, -0.25) is 4.68 Å². The molecule has 4 nitrogen and oxygen atoms in total. The molecule has 84 valence electrons. The Hall–Kier alpha value is -0.870. The number of rotatable bonds is 2. The summed E-state index contributed by atoms with van der Waals surface area (Å²) in [5.74, 6) is 0. The van der Waals surface area contributed by atoms with E-state index in [2.05, 4.69) is 11.3 Å². The monoisotopic (exact) mass is 209 g/mol. The maximum atomic E-state index is 6.02. The second-order valence-corrected chi connectivity index (χ2v) is 4.77.